The highest BCUT2D eigenvalue weighted by molar-refractivity contribution is 6.24. The first-order chi connectivity index (χ1) is 14.1. The number of carbonyl (C=O) groups is 1. The molecule has 2 heterocycles. The summed E-state index contributed by atoms with van der Waals surface area (Å²) in [4.78, 5) is 13.2. The van der Waals surface area contributed by atoms with E-state index in [4.69, 9.17) is 4.42 Å². The normalized spacial score (nSPS) is 11.4. The second-order valence-corrected chi connectivity index (χ2v) is 6.53. The van der Waals surface area contributed by atoms with E-state index >= 15 is 0 Å². The molecule has 4 aromatic rings. The number of hydrogen-bond acceptors (Lipinski definition) is 5. The van der Waals surface area contributed by atoms with Crippen molar-refractivity contribution in [2.75, 3.05) is 5.32 Å². The van der Waals surface area contributed by atoms with Gasteiger partial charge in [-0.05, 0) is 53.6 Å². The standard InChI is InChI=1S/C22H19N5O2/c1-15-8-6-12-19(16(15)2)23-22(28)20(14-18-11-7-13-29-18)27-21(24-25-26-27)17-9-4-3-5-10-17/h3-14H,1-2H3,(H,23,28)/b20-14-. The number of aryl methyl sites for hydroxylation is 1. The molecule has 7 heteroatoms. The molecule has 0 bridgehead atoms. The van der Waals surface area contributed by atoms with Crippen LogP contribution in [0.2, 0.25) is 0 Å². The highest BCUT2D eigenvalue weighted by atomic mass is 16.3. The maximum atomic E-state index is 13.2. The molecule has 0 atom stereocenters. The molecule has 0 fully saturated rings. The monoisotopic (exact) mass is 385 g/mol. The number of tetrazole rings is 1. The van der Waals surface area contributed by atoms with Crippen LogP contribution in [0.25, 0.3) is 23.2 Å². The average Bonchev–Trinajstić information content (AvgIpc) is 3.42. The Bertz CT molecular complexity index is 1160. The van der Waals surface area contributed by atoms with Crippen LogP contribution in [0, 0.1) is 13.8 Å². The molecule has 0 unspecified atom stereocenters. The minimum Gasteiger partial charge on any atom is -0.465 e. The molecule has 144 valence electrons. The van der Waals surface area contributed by atoms with Gasteiger partial charge in [0.25, 0.3) is 5.91 Å². The molecule has 7 nitrogen and oxygen atoms in total. The molecule has 0 spiro atoms. The van der Waals surface area contributed by atoms with Crippen molar-refractivity contribution in [2.24, 2.45) is 0 Å². The Morgan fingerprint density at radius 2 is 1.86 bits per heavy atom. The summed E-state index contributed by atoms with van der Waals surface area (Å²) in [5.41, 5.74) is 3.85. The van der Waals surface area contributed by atoms with Crippen LogP contribution in [0.3, 0.4) is 0 Å². The minimum atomic E-state index is -0.348. The highest BCUT2D eigenvalue weighted by Crippen LogP contribution is 2.23. The van der Waals surface area contributed by atoms with Gasteiger partial charge in [-0.25, -0.2) is 0 Å². The number of nitrogens with zero attached hydrogens (tertiary/aromatic N) is 4. The predicted octanol–water partition coefficient (Wildman–Crippen LogP) is 4.19. The van der Waals surface area contributed by atoms with E-state index < -0.39 is 0 Å². The number of amides is 1. The molecule has 29 heavy (non-hydrogen) atoms. The van der Waals surface area contributed by atoms with Crippen LogP contribution in [0.15, 0.2) is 71.3 Å². The Morgan fingerprint density at radius 1 is 1.03 bits per heavy atom. The van der Waals surface area contributed by atoms with Gasteiger partial charge in [0.05, 0.1) is 6.26 Å². The summed E-state index contributed by atoms with van der Waals surface area (Å²) in [6, 6.07) is 18.7. The zero-order valence-electron chi connectivity index (χ0n) is 16.0. The molecule has 0 aliphatic carbocycles. The largest absolute Gasteiger partial charge is 0.465 e. The first-order valence-electron chi connectivity index (χ1n) is 9.10. The van der Waals surface area contributed by atoms with E-state index in [0.29, 0.717) is 11.6 Å². The fourth-order valence-corrected chi connectivity index (χ4v) is 2.92. The number of carbonyl (C=O) groups excluding carboxylic acids is 1. The summed E-state index contributed by atoms with van der Waals surface area (Å²) in [5.74, 6) is 0.629. The smallest absolute Gasteiger partial charge is 0.274 e. The first-order valence-corrected chi connectivity index (χ1v) is 9.10. The van der Waals surface area contributed by atoms with Crippen molar-refractivity contribution in [3.05, 3.63) is 83.8 Å². The fourth-order valence-electron chi connectivity index (χ4n) is 2.92. The predicted molar refractivity (Wildman–Crippen MR) is 111 cm³/mol. The maximum absolute atomic E-state index is 13.2. The Hall–Kier alpha value is -4.00. The van der Waals surface area contributed by atoms with Crippen LogP contribution >= 0.6 is 0 Å². The van der Waals surface area contributed by atoms with E-state index in [1.807, 2.05) is 62.4 Å². The second-order valence-electron chi connectivity index (χ2n) is 6.53. The van der Waals surface area contributed by atoms with E-state index in [1.54, 1.807) is 24.5 Å². The molecule has 1 N–H and O–H groups in total. The van der Waals surface area contributed by atoms with Gasteiger partial charge in [0.15, 0.2) is 5.82 Å². The Morgan fingerprint density at radius 3 is 2.62 bits per heavy atom. The Balaban J connectivity index is 1.77. The van der Waals surface area contributed by atoms with Crippen molar-refractivity contribution >= 4 is 23.4 Å². The number of rotatable bonds is 5. The van der Waals surface area contributed by atoms with Crippen molar-refractivity contribution < 1.29 is 9.21 Å². The minimum absolute atomic E-state index is 0.240. The van der Waals surface area contributed by atoms with Gasteiger partial charge < -0.3 is 9.73 Å². The maximum Gasteiger partial charge on any atom is 0.274 e. The lowest BCUT2D eigenvalue weighted by Gasteiger charge is -2.13. The average molecular weight is 385 g/mol. The van der Waals surface area contributed by atoms with Crippen LogP contribution in [0.4, 0.5) is 5.69 Å². The highest BCUT2D eigenvalue weighted by Gasteiger charge is 2.20. The van der Waals surface area contributed by atoms with Gasteiger partial charge in [-0.15, -0.1) is 5.10 Å². The van der Waals surface area contributed by atoms with Gasteiger partial charge in [-0.2, -0.15) is 4.68 Å². The number of benzene rings is 2. The Kier molecular flexibility index (Phi) is 5.03. The summed E-state index contributed by atoms with van der Waals surface area (Å²) in [6.07, 6.45) is 3.16. The number of furan rings is 1. The third kappa shape index (κ3) is 3.84. The second kappa shape index (κ2) is 7.93. The number of anilines is 1. The SMILES string of the molecule is Cc1cccc(NC(=O)/C(=C/c2ccco2)n2nnnc2-c2ccccc2)c1C. The first kappa shape index (κ1) is 18.4. The van der Waals surface area contributed by atoms with Crippen LogP contribution in [0.5, 0.6) is 0 Å². The van der Waals surface area contributed by atoms with Crippen LogP contribution in [0.1, 0.15) is 16.9 Å². The molecule has 4 rings (SSSR count). The molecule has 0 aliphatic rings. The third-order valence-corrected chi connectivity index (χ3v) is 4.64. The Labute approximate surface area is 167 Å². The van der Waals surface area contributed by atoms with Gasteiger partial charge in [0.1, 0.15) is 11.5 Å². The summed E-state index contributed by atoms with van der Waals surface area (Å²) >= 11 is 0. The molecule has 0 aliphatic heterocycles. The molecule has 2 aromatic carbocycles. The van der Waals surface area contributed by atoms with Crippen LogP contribution in [-0.4, -0.2) is 26.1 Å². The van der Waals surface area contributed by atoms with Crippen molar-refractivity contribution in [3.63, 3.8) is 0 Å². The molecule has 2 aromatic heterocycles. The molecule has 0 radical (unpaired) electrons. The van der Waals surface area contributed by atoms with Gasteiger partial charge in [0.2, 0.25) is 0 Å². The number of nitrogens with one attached hydrogen (secondary N) is 1. The molecule has 1 amide bonds. The van der Waals surface area contributed by atoms with Gasteiger partial charge in [-0.3, -0.25) is 4.79 Å². The van der Waals surface area contributed by atoms with E-state index in [1.165, 1.54) is 4.68 Å². The molecule has 0 saturated heterocycles. The van der Waals surface area contributed by atoms with Gasteiger partial charge in [-0.1, -0.05) is 42.5 Å². The van der Waals surface area contributed by atoms with Crippen molar-refractivity contribution in [1.29, 1.82) is 0 Å². The van der Waals surface area contributed by atoms with Crippen LogP contribution < -0.4 is 5.32 Å². The summed E-state index contributed by atoms with van der Waals surface area (Å²) in [6.45, 7) is 3.97. The van der Waals surface area contributed by atoms with Crippen molar-refractivity contribution in [2.45, 2.75) is 13.8 Å². The zero-order valence-corrected chi connectivity index (χ0v) is 16.0. The fraction of sp³-hybridized carbons (Fsp3) is 0.0909. The van der Waals surface area contributed by atoms with E-state index in [9.17, 15) is 4.79 Å². The van der Waals surface area contributed by atoms with Gasteiger partial charge >= 0.3 is 0 Å². The number of aromatic nitrogens is 4. The summed E-state index contributed by atoms with van der Waals surface area (Å²) < 4.78 is 6.83. The van der Waals surface area contributed by atoms with E-state index in [2.05, 4.69) is 20.8 Å². The lowest BCUT2D eigenvalue weighted by Crippen LogP contribution is -2.20. The number of hydrogen-bond donors (Lipinski definition) is 1. The van der Waals surface area contributed by atoms with Crippen LogP contribution in [-0.2, 0) is 4.79 Å². The van der Waals surface area contributed by atoms with E-state index in [-0.39, 0.29) is 11.6 Å². The molecule has 0 saturated carbocycles. The van der Waals surface area contributed by atoms with E-state index in [0.717, 1.165) is 22.4 Å². The third-order valence-electron chi connectivity index (χ3n) is 4.64. The summed E-state index contributed by atoms with van der Waals surface area (Å²) in [7, 11) is 0. The van der Waals surface area contributed by atoms with Gasteiger partial charge in [0, 0.05) is 17.3 Å². The van der Waals surface area contributed by atoms with Crippen molar-refractivity contribution in [1.82, 2.24) is 20.2 Å². The van der Waals surface area contributed by atoms with Crippen molar-refractivity contribution in [3.8, 4) is 11.4 Å². The lowest BCUT2D eigenvalue weighted by atomic mass is 10.1. The molecular weight excluding hydrogens is 366 g/mol. The topological polar surface area (TPSA) is 85.8 Å². The zero-order chi connectivity index (χ0) is 20.2. The lowest BCUT2D eigenvalue weighted by molar-refractivity contribution is -0.111. The molecular formula is C22H19N5O2. The quantitative estimate of drug-likeness (QED) is 0.521. The summed E-state index contributed by atoms with van der Waals surface area (Å²) in [5, 5.41) is 14.9.